The van der Waals surface area contributed by atoms with E-state index in [4.69, 9.17) is 31.5 Å². The summed E-state index contributed by atoms with van der Waals surface area (Å²) in [6.07, 6.45) is 8.53. The molecule has 3 aliphatic heterocycles. The predicted molar refractivity (Wildman–Crippen MR) is 148 cm³/mol. The Bertz CT molecular complexity index is 965. The van der Waals surface area contributed by atoms with Crippen molar-refractivity contribution in [2.24, 2.45) is 0 Å². The number of nitrogens with zero attached hydrogens (tertiary/aromatic N) is 2. The predicted octanol–water partition coefficient (Wildman–Crippen LogP) is 3.48. The van der Waals surface area contributed by atoms with Gasteiger partial charge in [0.15, 0.2) is 0 Å². The highest BCUT2D eigenvalue weighted by molar-refractivity contribution is 6.33. The molecule has 3 heterocycles. The van der Waals surface area contributed by atoms with E-state index in [1.165, 1.54) is 26.0 Å². The number of likely N-dealkylation sites (tertiary alicyclic amines) is 1. The van der Waals surface area contributed by atoms with Crippen molar-refractivity contribution in [2.45, 2.75) is 88.1 Å². The Labute approximate surface area is 231 Å². The van der Waals surface area contributed by atoms with Gasteiger partial charge in [0.25, 0.3) is 5.91 Å². The molecule has 1 aromatic rings. The van der Waals surface area contributed by atoms with Gasteiger partial charge in [0.1, 0.15) is 11.9 Å². The van der Waals surface area contributed by atoms with Gasteiger partial charge in [-0.2, -0.15) is 0 Å². The molecule has 1 aromatic carbocycles. The fraction of sp³-hybridized carbons (Fsp3) is 0.714. The molecule has 2 bridgehead atoms. The number of nitrogens with one attached hydrogen (secondary N) is 1. The molecule has 9 nitrogen and oxygen atoms in total. The number of rotatable bonds is 11. The van der Waals surface area contributed by atoms with Crippen LogP contribution in [0.4, 0.5) is 5.69 Å². The Morgan fingerprint density at radius 2 is 1.84 bits per heavy atom. The lowest BCUT2D eigenvalue weighted by Crippen LogP contribution is -2.54. The molecular formula is C28H43ClN4O5. The van der Waals surface area contributed by atoms with E-state index in [2.05, 4.69) is 22.2 Å². The topological polar surface area (TPSA) is 106 Å². The summed E-state index contributed by atoms with van der Waals surface area (Å²) in [5.41, 5.74) is 6.56. The second-order valence-corrected chi connectivity index (χ2v) is 11.4. The minimum absolute atomic E-state index is 0.0472. The number of hydrogen-bond donors (Lipinski definition) is 2. The van der Waals surface area contributed by atoms with E-state index >= 15 is 0 Å². The standard InChI is InChI=1S/C28H43ClN4O5/c1-32-18-8-9-19(32)14-20(13-18)38-27(34)7-5-4-6-11-33-12-10-24(26(17-33)37-3)31-28(35)21-15-22(29)23(30)16-25(21)36-2/h15-16,18-20,24,26H,4-14,17,30H2,1-3H3,(H,31,35)/t18?,19?,20?,24-,26+/m1/s1. The highest BCUT2D eigenvalue weighted by Crippen LogP contribution is 2.35. The number of anilines is 1. The van der Waals surface area contributed by atoms with Crippen LogP contribution >= 0.6 is 11.6 Å². The summed E-state index contributed by atoms with van der Waals surface area (Å²) in [4.78, 5) is 30.2. The number of halogens is 1. The first-order chi connectivity index (χ1) is 18.3. The number of piperidine rings is 2. The molecule has 10 heteroatoms. The fourth-order valence-corrected chi connectivity index (χ4v) is 6.40. The summed E-state index contributed by atoms with van der Waals surface area (Å²) in [5, 5.41) is 3.40. The first-order valence-electron chi connectivity index (χ1n) is 13.9. The zero-order chi connectivity index (χ0) is 27.2. The molecule has 38 heavy (non-hydrogen) atoms. The van der Waals surface area contributed by atoms with Crippen LogP contribution in [0.1, 0.15) is 68.1 Å². The lowest BCUT2D eigenvalue weighted by atomic mass is 10.00. The second kappa shape index (κ2) is 13.3. The van der Waals surface area contributed by atoms with Crippen LogP contribution in [0.5, 0.6) is 5.75 Å². The summed E-state index contributed by atoms with van der Waals surface area (Å²) in [5.74, 6) is 0.0798. The number of carbonyl (C=O) groups is 2. The normalized spacial score (nSPS) is 27.7. The summed E-state index contributed by atoms with van der Waals surface area (Å²) in [6.45, 7) is 2.54. The van der Waals surface area contributed by atoms with Crippen molar-refractivity contribution in [1.29, 1.82) is 0 Å². The second-order valence-electron chi connectivity index (χ2n) is 11.0. The number of methoxy groups -OCH3 is 2. The van der Waals surface area contributed by atoms with E-state index in [1.807, 2.05) is 0 Å². The summed E-state index contributed by atoms with van der Waals surface area (Å²) < 4.78 is 16.9. The molecule has 2 unspecified atom stereocenters. The minimum atomic E-state index is -0.260. The van der Waals surface area contributed by atoms with Gasteiger partial charge in [0.2, 0.25) is 0 Å². The van der Waals surface area contributed by atoms with Gasteiger partial charge in [0.05, 0.1) is 35.5 Å². The average Bonchev–Trinajstić information content (AvgIpc) is 3.10. The van der Waals surface area contributed by atoms with Gasteiger partial charge >= 0.3 is 5.97 Å². The number of amides is 1. The maximum absolute atomic E-state index is 13.0. The van der Waals surface area contributed by atoms with Crippen LogP contribution in [0.3, 0.4) is 0 Å². The molecule has 3 aliphatic rings. The zero-order valence-corrected chi connectivity index (χ0v) is 23.7. The summed E-state index contributed by atoms with van der Waals surface area (Å²) in [7, 11) is 5.37. The van der Waals surface area contributed by atoms with Gasteiger partial charge in [-0.05, 0) is 64.6 Å². The van der Waals surface area contributed by atoms with Crippen LogP contribution in [0, 0.1) is 0 Å². The molecule has 4 rings (SSSR count). The van der Waals surface area contributed by atoms with E-state index in [0.29, 0.717) is 40.5 Å². The average molecular weight is 551 g/mol. The van der Waals surface area contributed by atoms with Crippen LogP contribution in [-0.2, 0) is 14.3 Å². The summed E-state index contributed by atoms with van der Waals surface area (Å²) >= 11 is 6.13. The minimum Gasteiger partial charge on any atom is -0.496 e. The fourth-order valence-electron chi connectivity index (χ4n) is 6.23. The van der Waals surface area contributed by atoms with Crippen molar-refractivity contribution in [3.8, 4) is 5.75 Å². The molecule has 0 saturated carbocycles. The largest absolute Gasteiger partial charge is 0.496 e. The molecule has 0 aromatic heterocycles. The number of ether oxygens (including phenoxy) is 3. The zero-order valence-electron chi connectivity index (χ0n) is 22.9. The Morgan fingerprint density at radius 3 is 2.53 bits per heavy atom. The molecule has 3 N–H and O–H groups in total. The first-order valence-corrected chi connectivity index (χ1v) is 14.3. The maximum Gasteiger partial charge on any atom is 0.306 e. The highest BCUT2D eigenvalue weighted by atomic mass is 35.5. The number of nitrogens with two attached hydrogens (primary N) is 1. The van der Waals surface area contributed by atoms with Gasteiger partial charge in [-0.25, -0.2) is 0 Å². The molecule has 0 radical (unpaired) electrons. The molecular weight excluding hydrogens is 508 g/mol. The number of nitrogen functional groups attached to an aromatic ring is 1. The number of fused-ring (bicyclic) bond motifs is 2. The number of carbonyl (C=O) groups excluding carboxylic acids is 2. The SMILES string of the molecule is COc1cc(N)c(Cl)cc1C(=O)N[C@@H]1CCN(CCCCCC(=O)OC2CC3CCC(C2)N3C)C[C@@H]1OC. The van der Waals surface area contributed by atoms with Crippen LogP contribution in [-0.4, -0.2) is 92.9 Å². The molecule has 4 atom stereocenters. The van der Waals surface area contributed by atoms with Gasteiger partial charge in [-0.15, -0.1) is 0 Å². The van der Waals surface area contributed by atoms with E-state index in [-0.39, 0.29) is 30.1 Å². The molecule has 212 valence electrons. The molecule has 3 saturated heterocycles. The van der Waals surface area contributed by atoms with E-state index < -0.39 is 0 Å². The Kier molecular flexibility index (Phi) is 10.1. The Morgan fingerprint density at radius 1 is 1.11 bits per heavy atom. The summed E-state index contributed by atoms with van der Waals surface area (Å²) in [6, 6.07) is 4.15. The van der Waals surface area contributed by atoms with Gasteiger partial charge in [-0.3, -0.25) is 9.59 Å². The molecule has 0 aliphatic carbocycles. The van der Waals surface area contributed by atoms with Crippen molar-refractivity contribution < 1.29 is 23.8 Å². The number of hydrogen-bond acceptors (Lipinski definition) is 8. The third-order valence-electron chi connectivity index (χ3n) is 8.53. The van der Waals surface area contributed by atoms with Crippen LogP contribution in [0.25, 0.3) is 0 Å². The lowest BCUT2D eigenvalue weighted by molar-refractivity contribution is -0.152. The van der Waals surface area contributed by atoms with Crippen molar-refractivity contribution in [2.75, 3.05) is 46.6 Å². The number of unbranched alkanes of at least 4 members (excludes halogenated alkanes) is 2. The van der Waals surface area contributed by atoms with Crippen molar-refractivity contribution >= 4 is 29.2 Å². The Balaban J connectivity index is 1.14. The van der Waals surface area contributed by atoms with Gasteiger partial charge < -0.3 is 35.1 Å². The van der Waals surface area contributed by atoms with E-state index in [0.717, 1.165) is 58.2 Å². The Hall–Kier alpha value is -2.07. The van der Waals surface area contributed by atoms with Gasteiger partial charge in [0, 0.05) is 44.8 Å². The third kappa shape index (κ3) is 7.11. The van der Waals surface area contributed by atoms with Crippen molar-refractivity contribution in [1.82, 2.24) is 15.1 Å². The van der Waals surface area contributed by atoms with E-state index in [1.54, 1.807) is 13.2 Å². The van der Waals surface area contributed by atoms with E-state index in [9.17, 15) is 9.59 Å². The van der Waals surface area contributed by atoms with Crippen LogP contribution in [0.2, 0.25) is 5.02 Å². The highest BCUT2D eigenvalue weighted by Gasteiger charge is 2.39. The van der Waals surface area contributed by atoms with Crippen molar-refractivity contribution in [3.63, 3.8) is 0 Å². The number of benzene rings is 1. The molecule has 0 spiro atoms. The van der Waals surface area contributed by atoms with Crippen LogP contribution < -0.4 is 15.8 Å². The first kappa shape index (κ1) is 28.9. The quantitative estimate of drug-likeness (QED) is 0.245. The van der Waals surface area contributed by atoms with Gasteiger partial charge in [-0.1, -0.05) is 18.0 Å². The van der Waals surface area contributed by atoms with Crippen molar-refractivity contribution in [3.05, 3.63) is 22.7 Å². The van der Waals surface area contributed by atoms with Crippen LogP contribution in [0.15, 0.2) is 12.1 Å². The number of esters is 1. The molecule has 1 amide bonds. The lowest BCUT2D eigenvalue weighted by Gasteiger charge is -2.38. The molecule has 3 fully saturated rings. The smallest absolute Gasteiger partial charge is 0.306 e. The third-order valence-corrected chi connectivity index (χ3v) is 8.86. The monoisotopic (exact) mass is 550 g/mol. The maximum atomic E-state index is 13.0.